The van der Waals surface area contributed by atoms with Crippen molar-refractivity contribution in [1.82, 2.24) is 10.0 Å². The lowest BCUT2D eigenvalue weighted by atomic mass is 10.2. The summed E-state index contributed by atoms with van der Waals surface area (Å²) in [5.74, 6) is 0.156. The number of hydrogen-bond acceptors (Lipinski definition) is 3. The Balaban J connectivity index is 2.32. The van der Waals surface area contributed by atoms with Gasteiger partial charge in [-0.15, -0.1) is 0 Å². The van der Waals surface area contributed by atoms with Gasteiger partial charge in [-0.3, -0.25) is 0 Å². The predicted octanol–water partition coefficient (Wildman–Crippen LogP) is 2.26. The standard InChI is InChI=1S/C13H21BrN2O2S/c1-11(2)15-8-3-9-19(17,18)16-10-12-4-6-13(14)7-5-12/h4-7,11,15-16H,3,8-10H2,1-2H3. The van der Waals surface area contributed by atoms with E-state index in [9.17, 15) is 8.42 Å². The first-order valence-electron chi connectivity index (χ1n) is 6.34. The lowest BCUT2D eigenvalue weighted by Crippen LogP contribution is -2.29. The molecular weight excluding hydrogens is 328 g/mol. The fourth-order valence-corrected chi connectivity index (χ4v) is 2.84. The van der Waals surface area contributed by atoms with E-state index in [1.54, 1.807) is 0 Å². The van der Waals surface area contributed by atoms with E-state index in [-0.39, 0.29) is 5.75 Å². The molecule has 1 rings (SSSR count). The van der Waals surface area contributed by atoms with Crippen LogP contribution in [0.1, 0.15) is 25.8 Å². The van der Waals surface area contributed by atoms with Crippen molar-refractivity contribution < 1.29 is 8.42 Å². The van der Waals surface area contributed by atoms with Crippen LogP contribution in [0.5, 0.6) is 0 Å². The van der Waals surface area contributed by atoms with Crippen molar-refractivity contribution in [2.24, 2.45) is 0 Å². The topological polar surface area (TPSA) is 58.2 Å². The third kappa shape index (κ3) is 7.67. The van der Waals surface area contributed by atoms with E-state index in [2.05, 4.69) is 26.0 Å². The van der Waals surface area contributed by atoms with Crippen molar-refractivity contribution in [3.63, 3.8) is 0 Å². The van der Waals surface area contributed by atoms with E-state index in [0.717, 1.165) is 16.6 Å². The molecule has 6 heteroatoms. The second-order valence-corrected chi connectivity index (χ2v) is 7.57. The van der Waals surface area contributed by atoms with Gasteiger partial charge in [0.1, 0.15) is 0 Å². The maximum atomic E-state index is 11.8. The van der Waals surface area contributed by atoms with Crippen molar-refractivity contribution in [2.75, 3.05) is 12.3 Å². The minimum absolute atomic E-state index is 0.156. The minimum Gasteiger partial charge on any atom is -0.314 e. The Kier molecular flexibility index (Phi) is 6.99. The number of sulfonamides is 1. The van der Waals surface area contributed by atoms with Crippen molar-refractivity contribution >= 4 is 26.0 Å². The molecular formula is C13H21BrN2O2S. The van der Waals surface area contributed by atoms with Gasteiger partial charge in [0.15, 0.2) is 0 Å². The maximum Gasteiger partial charge on any atom is 0.211 e. The summed E-state index contributed by atoms with van der Waals surface area (Å²) >= 11 is 3.34. The summed E-state index contributed by atoms with van der Waals surface area (Å²) in [6.45, 7) is 5.14. The van der Waals surface area contributed by atoms with Crippen LogP contribution in [0.4, 0.5) is 0 Å². The van der Waals surface area contributed by atoms with Crippen LogP contribution in [-0.4, -0.2) is 26.8 Å². The molecule has 0 aliphatic carbocycles. The molecule has 0 saturated heterocycles. The van der Waals surface area contributed by atoms with Crippen molar-refractivity contribution in [2.45, 2.75) is 32.9 Å². The highest BCUT2D eigenvalue weighted by Gasteiger charge is 2.09. The Hall–Kier alpha value is -0.430. The molecule has 0 aromatic heterocycles. The molecule has 0 spiro atoms. The molecule has 0 radical (unpaired) electrons. The predicted molar refractivity (Wildman–Crippen MR) is 82.5 cm³/mol. The molecule has 1 aromatic rings. The van der Waals surface area contributed by atoms with Crippen LogP contribution >= 0.6 is 15.9 Å². The summed E-state index contributed by atoms with van der Waals surface area (Å²) in [5.41, 5.74) is 0.951. The molecule has 4 nitrogen and oxygen atoms in total. The van der Waals surface area contributed by atoms with E-state index in [1.165, 1.54) is 0 Å². The second kappa shape index (κ2) is 7.99. The van der Waals surface area contributed by atoms with E-state index in [0.29, 0.717) is 19.0 Å². The van der Waals surface area contributed by atoms with Gasteiger partial charge in [0.05, 0.1) is 5.75 Å². The first-order chi connectivity index (χ1) is 8.89. The van der Waals surface area contributed by atoms with Gasteiger partial charge in [-0.2, -0.15) is 0 Å². The highest BCUT2D eigenvalue weighted by atomic mass is 79.9. The first kappa shape index (κ1) is 16.6. The van der Waals surface area contributed by atoms with Gasteiger partial charge in [-0.05, 0) is 30.7 Å². The van der Waals surface area contributed by atoms with Crippen molar-refractivity contribution in [3.05, 3.63) is 34.3 Å². The number of nitrogens with one attached hydrogen (secondary N) is 2. The Labute approximate surface area is 124 Å². The largest absolute Gasteiger partial charge is 0.314 e. The maximum absolute atomic E-state index is 11.8. The molecule has 1 aromatic carbocycles. The molecule has 0 fully saturated rings. The summed E-state index contributed by atoms with van der Waals surface area (Å²) in [5, 5.41) is 3.20. The van der Waals surface area contributed by atoms with E-state index in [1.807, 2.05) is 38.1 Å². The molecule has 0 aliphatic rings. The van der Waals surface area contributed by atoms with Crippen LogP contribution in [0.25, 0.3) is 0 Å². The fraction of sp³-hybridized carbons (Fsp3) is 0.538. The van der Waals surface area contributed by atoms with Gasteiger partial charge in [-0.1, -0.05) is 41.9 Å². The van der Waals surface area contributed by atoms with E-state index < -0.39 is 10.0 Å². The molecule has 2 N–H and O–H groups in total. The zero-order valence-electron chi connectivity index (χ0n) is 11.3. The van der Waals surface area contributed by atoms with Gasteiger partial charge in [-0.25, -0.2) is 13.1 Å². The summed E-state index contributed by atoms with van der Waals surface area (Å²) in [7, 11) is -3.19. The normalized spacial score (nSPS) is 12.0. The SMILES string of the molecule is CC(C)NCCCS(=O)(=O)NCc1ccc(Br)cc1. The number of benzene rings is 1. The smallest absolute Gasteiger partial charge is 0.211 e. The van der Waals surface area contributed by atoms with Crippen molar-refractivity contribution in [1.29, 1.82) is 0 Å². The average Bonchev–Trinajstić information content (AvgIpc) is 2.34. The van der Waals surface area contributed by atoms with Gasteiger partial charge < -0.3 is 5.32 Å². The molecule has 0 amide bonds. The number of halogens is 1. The van der Waals surface area contributed by atoms with Gasteiger partial charge in [0.25, 0.3) is 0 Å². The number of hydrogen-bond donors (Lipinski definition) is 2. The van der Waals surface area contributed by atoms with E-state index >= 15 is 0 Å². The van der Waals surface area contributed by atoms with Gasteiger partial charge in [0.2, 0.25) is 10.0 Å². The summed E-state index contributed by atoms with van der Waals surface area (Å²) in [6.07, 6.45) is 0.619. The van der Waals surface area contributed by atoms with Crippen LogP contribution in [0.3, 0.4) is 0 Å². The van der Waals surface area contributed by atoms with Crippen LogP contribution in [0.15, 0.2) is 28.7 Å². The molecule has 0 saturated carbocycles. The first-order valence-corrected chi connectivity index (χ1v) is 8.79. The molecule has 108 valence electrons. The summed E-state index contributed by atoms with van der Waals surface area (Å²) in [4.78, 5) is 0. The highest BCUT2D eigenvalue weighted by Crippen LogP contribution is 2.10. The van der Waals surface area contributed by atoms with Crippen LogP contribution in [0, 0.1) is 0 Å². The Bertz CT molecular complexity index is 472. The third-order valence-corrected chi connectivity index (χ3v) is 4.49. The Morgan fingerprint density at radius 1 is 1.21 bits per heavy atom. The molecule has 0 atom stereocenters. The minimum atomic E-state index is -3.19. The fourth-order valence-electron chi connectivity index (χ4n) is 1.52. The molecule has 0 bridgehead atoms. The Morgan fingerprint density at radius 2 is 1.84 bits per heavy atom. The Morgan fingerprint density at radius 3 is 2.42 bits per heavy atom. The summed E-state index contributed by atoms with van der Waals surface area (Å²) < 4.78 is 27.1. The van der Waals surface area contributed by atoms with Gasteiger partial charge in [0, 0.05) is 17.1 Å². The van der Waals surface area contributed by atoms with E-state index in [4.69, 9.17) is 0 Å². The average molecular weight is 349 g/mol. The van der Waals surface area contributed by atoms with Gasteiger partial charge >= 0.3 is 0 Å². The molecule has 19 heavy (non-hydrogen) atoms. The number of rotatable bonds is 8. The zero-order valence-corrected chi connectivity index (χ0v) is 13.7. The molecule has 0 heterocycles. The van der Waals surface area contributed by atoms with Crippen molar-refractivity contribution in [3.8, 4) is 0 Å². The highest BCUT2D eigenvalue weighted by molar-refractivity contribution is 9.10. The lowest BCUT2D eigenvalue weighted by molar-refractivity contribution is 0.561. The third-order valence-electron chi connectivity index (χ3n) is 2.55. The molecule has 0 aliphatic heterocycles. The summed E-state index contributed by atoms with van der Waals surface area (Å²) in [6, 6.07) is 7.98. The van der Waals surface area contributed by atoms with Crippen LogP contribution in [0.2, 0.25) is 0 Å². The second-order valence-electron chi connectivity index (χ2n) is 4.73. The quantitative estimate of drug-likeness (QED) is 0.708. The molecule has 0 unspecified atom stereocenters. The van der Waals surface area contributed by atoms with Crippen LogP contribution in [-0.2, 0) is 16.6 Å². The van der Waals surface area contributed by atoms with Crippen LogP contribution < -0.4 is 10.0 Å². The zero-order chi connectivity index (χ0) is 14.3. The lowest BCUT2D eigenvalue weighted by Gasteiger charge is -2.09. The monoisotopic (exact) mass is 348 g/mol.